The molecule has 16 heavy (non-hydrogen) atoms. The van der Waals surface area contributed by atoms with Crippen LogP contribution in [0.4, 0.5) is 0 Å². The third kappa shape index (κ3) is 2.35. The van der Waals surface area contributed by atoms with Gasteiger partial charge in [0.15, 0.2) is 11.1 Å². The van der Waals surface area contributed by atoms with E-state index in [1.807, 2.05) is 0 Å². The summed E-state index contributed by atoms with van der Waals surface area (Å²) in [4.78, 5) is 0. The predicted octanol–water partition coefficient (Wildman–Crippen LogP) is 1.72. The van der Waals surface area contributed by atoms with Gasteiger partial charge in [0.1, 0.15) is 0 Å². The van der Waals surface area contributed by atoms with Crippen LogP contribution in [0, 0.1) is 5.41 Å². The van der Waals surface area contributed by atoms with E-state index in [9.17, 15) is 0 Å². The molecular formula is C11H19NO3Si. The Balaban J connectivity index is 3.22. The van der Waals surface area contributed by atoms with Gasteiger partial charge in [-0.1, -0.05) is 13.3 Å². The number of nitrogens with one attached hydrogen (secondary N) is 1. The van der Waals surface area contributed by atoms with Gasteiger partial charge in [0.25, 0.3) is 8.65 Å². The summed E-state index contributed by atoms with van der Waals surface area (Å²) in [6, 6.07) is 0.659. The highest BCUT2D eigenvalue weighted by molar-refractivity contribution is 6.71. The molecule has 4 nitrogen and oxygen atoms in total. The smallest absolute Gasteiger partial charge is 0.290 e. The van der Waals surface area contributed by atoms with Gasteiger partial charge in [0.2, 0.25) is 0 Å². The molecule has 0 radical (unpaired) electrons. The van der Waals surface area contributed by atoms with E-state index >= 15 is 0 Å². The third-order valence-electron chi connectivity index (χ3n) is 2.59. The number of allylic oxidation sites excluding steroid dienone is 1. The van der Waals surface area contributed by atoms with Crippen molar-refractivity contribution in [3.05, 3.63) is 11.3 Å². The summed E-state index contributed by atoms with van der Waals surface area (Å²) in [6.45, 7) is 2.09. The van der Waals surface area contributed by atoms with Crippen LogP contribution in [0.3, 0.4) is 0 Å². The Labute approximate surface area is 98.1 Å². The Morgan fingerprint density at radius 2 is 1.94 bits per heavy atom. The summed E-state index contributed by atoms with van der Waals surface area (Å²) >= 11 is 0. The van der Waals surface area contributed by atoms with Crippen molar-refractivity contribution in [2.75, 3.05) is 21.3 Å². The summed E-state index contributed by atoms with van der Waals surface area (Å²) in [6.07, 6.45) is 1.85. The molecule has 0 fully saturated rings. The molecule has 1 rings (SSSR count). The fourth-order valence-electron chi connectivity index (χ4n) is 1.85. The van der Waals surface area contributed by atoms with Crippen molar-refractivity contribution in [1.29, 1.82) is 5.41 Å². The Kier molecular flexibility index (Phi) is 4.73. The standard InChI is InChI=1S/C11H19NO3Si/c1-5-6-8-9(12)7-16(15-4)11(14-3)10(8)13-2/h12H,5-7H2,1-4H3. The predicted molar refractivity (Wildman–Crippen MR) is 66.3 cm³/mol. The molecule has 1 N–H and O–H groups in total. The van der Waals surface area contributed by atoms with Crippen LogP contribution in [0.1, 0.15) is 19.8 Å². The fourth-order valence-corrected chi connectivity index (χ4v) is 3.61. The molecule has 1 aliphatic rings. The van der Waals surface area contributed by atoms with Crippen LogP contribution < -0.4 is 0 Å². The number of methoxy groups -OCH3 is 2. The molecule has 0 aromatic carbocycles. The van der Waals surface area contributed by atoms with Crippen molar-refractivity contribution >= 4 is 19.7 Å². The average Bonchev–Trinajstić information content (AvgIpc) is 2.30. The fraction of sp³-hybridized carbons (Fsp3) is 0.636. The van der Waals surface area contributed by atoms with E-state index in [1.54, 1.807) is 21.3 Å². The molecule has 1 heterocycles. The zero-order valence-corrected chi connectivity index (χ0v) is 11.3. The topological polar surface area (TPSA) is 51.5 Å². The first-order valence-electron chi connectivity index (χ1n) is 5.35. The van der Waals surface area contributed by atoms with Crippen LogP contribution >= 0.6 is 0 Å². The number of hydrogen-bond donors (Lipinski definition) is 1. The maximum atomic E-state index is 8.02. The van der Waals surface area contributed by atoms with Gasteiger partial charge in [-0.3, -0.25) is 0 Å². The van der Waals surface area contributed by atoms with Crippen LogP contribution in [0.5, 0.6) is 0 Å². The lowest BCUT2D eigenvalue weighted by atomic mass is 10.0. The minimum atomic E-state index is -1.25. The molecule has 90 valence electrons. The van der Waals surface area contributed by atoms with Crippen LogP contribution in [-0.2, 0) is 13.9 Å². The molecule has 0 aromatic heterocycles. The van der Waals surface area contributed by atoms with E-state index in [-0.39, 0.29) is 0 Å². The third-order valence-corrected chi connectivity index (χ3v) is 4.69. The minimum Gasteiger partial charge on any atom is -0.551 e. The van der Waals surface area contributed by atoms with Crippen molar-refractivity contribution in [1.82, 2.24) is 0 Å². The highest BCUT2D eigenvalue weighted by atomic mass is 28.3. The molecule has 0 saturated carbocycles. The van der Waals surface area contributed by atoms with Crippen LogP contribution in [0.25, 0.3) is 0 Å². The van der Waals surface area contributed by atoms with E-state index < -0.39 is 8.65 Å². The highest BCUT2D eigenvalue weighted by Gasteiger charge is 2.28. The zero-order valence-electron chi connectivity index (χ0n) is 10.3. The van der Waals surface area contributed by atoms with Crippen molar-refractivity contribution in [2.24, 2.45) is 0 Å². The molecule has 1 aliphatic heterocycles. The maximum absolute atomic E-state index is 8.02. The molecule has 0 bridgehead atoms. The molecule has 0 spiro atoms. The van der Waals surface area contributed by atoms with Gasteiger partial charge in [-0.2, -0.15) is 0 Å². The maximum Gasteiger partial charge on any atom is 0.290 e. The van der Waals surface area contributed by atoms with Crippen molar-refractivity contribution < 1.29 is 13.9 Å². The van der Waals surface area contributed by atoms with Gasteiger partial charge in [-0.05, 0) is 6.42 Å². The normalized spacial score (nSPS) is 16.6. The lowest BCUT2D eigenvalue weighted by molar-refractivity contribution is 0.283. The second kappa shape index (κ2) is 5.84. The Bertz CT molecular complexity index is 347. The second-order valence-corrected chi connectivity index (χ2v) is 5.64. The van der Waals surface area contributed by atoms with Crippen molar-refractivity contribution in [3.63, 3.8) is 0 Å². The van der Waals surface area contributed by atoms with E-state index in [0.29, 0.717) is 11.8 Å². The van der Waals surface area contributed by atoms with Gasteiger partial charge in [0.05, 0.1) is 21.3 Å². The van der Waals surface area contributed by atoms with E-state index in [2.05, 4.69) is 6.92 Å². The second-order valence-electron chi connectivity index (χ2n) is 3.58. The SMILES string of the molecule is CCCC1=C(OC)C(OC)=[Si](OC)CC1=N. The summed E-state index contributed by atoms with van der Waals surface area (Å²) < 4.78 is 16.2. The van der Waals surface area contributed by atoms with Crippen LogP contribution in [0.15, 0.2) is 11.3 Å². The van der Waals surface area contributed by atoms with E-state index in [1.165, 1.54) is 0 Å². The quantitative estimate of drug-likeness (QED) is 0.746. The zero-order chi connectivity index (χ0) is 12.1. The number of ether oxygens (including phenoxy) is 2. The van der Waals surface area contributed by atoms with Gasteiger partial charge in [-0.15, -0.1) is 0 Å². The molecule has 0 amide bonds. The number of hydrogen-bond acceptors (Lipinski definition) is 4. The monoisotopic (exact) mass is 241 g/mol. The van der Waals surface area contributed by atoms with Gasteiger partial charge >= 0.3 is 0 Å². The highest BCUT2D eigenvalue weighted by Crippen LogP contribution is 2.22. The minimum absolute atomic E-state index is 0.634. The lowest BCUT2D eigenvalue weighted by Crippen LogP contribution is -2.32. The summed E-state index contributed by atoms with van der Waals surface area (Å²) in [7, 11) is 3.67. The Morgan fingerprint density at radius 3 is 2.38 bits per heavy atom. The van der Waals surface area contributed by atoms with Gasteiger partial charge in [0, 0.05) is 17.3 Å². The molecule has 0 aromatic rings. The average molecular weight is 241 g/mol. The Hall–Kier alpha value is -1.10. The van der Waals surface area contributed by atoms with Gasteiger partial charge in [-0.25, -0.2) is 0 Å². The van der Waals surface area contributed by atoms with E-state index in [4.69, 9.17) is 19.3 Å². The molecule has 0 saturated heterocycles. The first-order chi connectivity index (χ1) is 7.69. The first-order valence-corrected chi connectivity index (χ1v) is 6.97. The first kappa shape index (κ1) is 13.0. The molecule has 0 aliphatic carbocycles. The summed E-state index contributed by atoms with van der Waals surface area (Å²) in [5, 5.41) is 8.82. The van der Waals surface area contributed by atoms with Crippen LogP contribution in [0.2, 0.25) is 6.04 Å². The summed E-state index contributed by atoms with van der Waals surface area (Å²) in [5.41, 5.74) is 1.60. The lowest BCUT2D eigenvalue weighted by Gasteiger charge is -2.23. The van der Waals surface area contributed by atoms with Crippen LogP contribution in [-0.4, -0.2) is 41.0 Å². The molecule has 5 heteroatoms. The molecular weight excluding hydrogens is 222 g/mol. The van der Waals surface area contributed by atoms with E-state index in [0.717, 1.165) is 29.5 Å². The number of rotatable bonds is 5. The largest absolute Gasteiger partial charge is 0.551 e. The molecule has 0 atom stereocenters. The molecule has 0 unspecified atom stereocenters. The summed E-state index contributed by atoms with van der Waals surface area (Å²) in [5.74, 6) is 0.719. The van der Waals surface area contributed by atoms with Gasteiger partial charge < -0.3 is 19.3 Å². The van der Waals surface area contributed by atoms with Crippen molar-refractivity contribution in [2.45, 2.75) is 25.8 Å². The Morgan fingerprint density at radius 1 is 1.25 bits per heavy atom. The van der Waals surface area contributed by atoms with Crippen molar-refractivity contribution in [3.8, 4) is 0 Å².